The maximum Gasteiger partial charge on any atom is 0.255 e. The van der Waals surface area contributed by atoms with Crippen LogP contribution in [0, 0.1) is 18.2 Å². The first-order valence-corrected chi connectivity index (χ1v) is 11.2. The predicted octanol–water partition coefficient (Wildman–Crippen LogP) is 5.56. The van der Waals surface area contributed by atoms with Crippen molar-refractivity contribution in [2.75, 3.05) is 18.5 Å². The molecule has 0 saturated carbocycles. The Morgan fingerprint density at radius 2 is 2.00 bits per heavy atom. The van der Waals surface area contributed by atoms with Crippen molar-refractivity contribution in [2.45, 2.75) is 25.3 Å². The van der Waals surface area contributed by atoms with Gasteiger partial charge in [0.2, 0.25) is 0 Å². The van der Waals surface area contributed by atoms with Crippen molar-refractivity contribution in [1.29, 1.82) is 0 Å². The van der Waals surface area contributed by atoms with Gasteiger partial charge >= 0.3 is 0 Å². The summed E-state index contributed by atoms with van der Waals surface area (Å²) in [6.07, 6.45) is 7.90. The molecule has 33 heavy (non-hydrogen) atoms. The molecule has 1 amide bonds. The molecule has 4 nitrogen and oxygen atoms in total. The molecule has 2 N–H and O–H groups in total. The number of ether oxygens (including phenoxy) is 1. The maximum absolute atomic E-state index is 13.1. The van der Waals surface area contributed by atoms with Crippen LogP contribution >= 0.6 is 11.6 Å². The van der Waals surface area contributed by atoms with E-state index in [2.05, 4.69) is 22.6 Å². The van der Waals surface area contributed by atoms with Crippen molar-refractivity contribution in [2.24, 2.45) is 0 Å². The van der Waals surface area contributed by atoms with Gasteiger partial charge in [-0.3, -0.25) is 10.1 Å². The number of hydrogen-bond acceptors (Lipinski definition) is 3. The van der Waals surface area contributed by atoms with E-state index in [1.54, 1.807) is 12.1 Å². The van der Waals surface area contributed by atoms with Crippen LogP contribution in [0.2, 0.25) is 5.02 Å². The Kier molecular flexibility index (Phi) is 7.29. The third-order valence-electron chi connectivity index (χ3n) is 5.72. The van der Waals surface area contributed by atoms with E-state index in [1.807, 2.05) is 18.2 Å². The van der Waals surface area contributed by atoms with Crippen molar-refractivity contribution in [1.82, 2.24) is 5.32 Å². The summed E-state index contributed by atoms with van der Waals surface area (Å²) < 4.78 is 19.2. The quantitative estimate of drug-likeness (QED) is 0.431. The first kappa shape index (κ1) is 22.8. The largest absolute Gasteiger partial charge is 0.493 e. The number of hydrogen-bond donors (Lipinski definition) is 2. The maximum atomic E-state index is 13.1. The van der Waals surface area contributed by atoms with Crippen LogP contribution in [-0.2, 0) is 12.8 Å². The normalized spacial score (nSPS) is 14.4. The van der Waals surface area contributed by atoms with Gasteiger partial charge in [-0.2, -0.15) is 0 Å². The molecule has 0 aromatic heterocycles. The number of terminal acetylenes is 1. The number of fused-ring (bicyclic) bond motifs is 1. The van der Waals surface area contributed by atoms with Crippen LogP contribution in [0.1, 0.15) is 39.5 Å². The molecule has 0 fully saturated rings. The van der Waals surface area contributed by atoms with Gasteiger partial charge in [-0.05, 0) is 78.1 Å². The Hall–Kier alpha value is -3.33. The van der Waals surface area contributed by atoms with E-state index in [0.29, 0.717) is 35.8 Å². The third kappa shape index (κ3) is 5.54. The standard InChI is InChI=1S/C27H24ClFN2O2/c1-2-15-30-25-13-11-23-22(25)4-3-5-26(23)33-16-14-19-17-21(10-12-24(19)28)31-27(32)18-6-8-20(29)9-7-18/h1,3-10,12,17,25,30H,11,13-16H2,(H,31,32). The van der Waals surface area contributed by atoms with E-state index in [1.165, 1.54) is 35.4 Å². The molecule has 168 valence electrons. The van der Waals surface area contributed by atoms with Crippen LogP contribution in [0.4, 0.5) is 10.1 Å². The molecule has 1 aliphatic rings. The molecule has 6 heteroatoms. The molecule has 1 unspecified atom stereocenters. The fourth-order valence-corrected chi connectivity index (χ4v) is 4.28. The van der Waals surface area contributed by atoms with Gasteiger partial charge in [0.05, 0.1) is 13.2 Å². The molecule has 4 rings (SSSR count). The van der Waals surface area contributed by atoms with Crippen molar-refractivity contribution >= 4 is 23.2 Å². The van der Waals surface area contributed by atoms with Gasteiger partial charge in [-0.1, -0.05) is 29.7 Å². The molecular formula is C27H24ClFN2O2. The lowest BCUT2D eigenvalue weighted by molar-refractivity contribution is 0.102. The lowest BCUT2D eigenvalue weighted by Crippen LogP contribution is -2.19. The van der Waals surface area contributed by atoms with Crippen LogP contribution in [0.15, 0.2) is 60.7 Å². The number of halogens is 2. The summed E-state index contributed by atoms with van der Waals surface area (Å²) in [7, 11) is 0. The van der Waals surface area contributed by atoms with Crippen molar-refractivity contribution < 1.29 is 13.9 Å². The zero-order chi connectivity index (χ0) is 23.2. The lowest BCUT2D eigenvalue weighted by atomic mass is 10.1. The highest BCUT2D eigenvalue weighted by Gasteiger charge is 2.24. The minimum Gasteiger partial charge on any atom is -0.493 e. The number of nitrogens with one attached hydrogen (secondary N) is 2. The smallest absolute Gasteiger partial charge is 0.255 e. The lowest BCUT2D eigenvalue weighted by Gasteiger charge is -2.14. The zero-order valence-corrected chi connectivity index (χ0v) is 18.8. The highest BCUT2D eigenvalue weighted by molar-refractivity contribution is 6.31. The molecule has 3 aromatic carbocycles. The average molecular weight is 463 g/mol. The topological polar surface area (TPSA) is 50.4 Å². The average Bonchev–Trinajstić information content (AvgIpc) is 3.24. The van der Waals surface area contributed by atoms with Gasteiger partial charge in [-0.15, -0.1) is 6.42 Å². The molecule has 3 aromatic rings. The number of carbonyl (C=O) groups is 1. The van der Waals surface area contributed by atoms with Crippen LogP contribution in [0.5, 0.6) is 5.75 Å². The minimum absolute atomic E-state index is 0.260. The van der Waals surface area contributed by atoms with Crippen molar-refractivity contribution in [3.63, 3.8) is 0 Å². The minimum atomic E-state index is -0.385. The van der Waals surface area contributed by atoms with Crippen LogP contribution < -0.4 is 15.4 Å². The summed E-state index contributed by atoms with van der Waals surface area (Å²) in [6.45, 7) is 0.996. The SMILES string of the molecule is C#CCNC1CCc2c(OCCc3cc(NC(=O)c4ccc(F)cc4)ccc3Cl)cccc21. The van der Waals surface area contributed by atoms with Gasteiger partial charge in [0.1, 0.15) is 11.6 Å². The summed E-state index contributed by atoms with van der Waals surface area (Å²) in [5.41, 5.74) is 4.33. The molecule has 1 atom stereocenters. The first-order valence-electron chi connectivity index (χ1n) is 10.8. The van der Waals surface area contributed by atoms with E-state index >= 15 is 0 Å². The second-order valence-electron chi connectivity index (χ2n) is 7.87. The Morgan fingerprint density at radius 1 is 1.18 bits per heavy atom. The molecule has 0 spiro atoms. The molecule has 0 aliphatic heterocycles. The summed E-state index contributed by atoms with van der Waals surface area (Å²) >= 11 is 6.38. The Bertz CT molecular complexity index is 1190. The summed E-state index contributed by atoms with van der Waals surface area (Å²) in [6, 6.07) is 17.1. The van der Waals surface area contributed by atoms with E-state index in [9.17, 15) is 9.18 Å². The zero-order valence-electron chi connectivity index (χ0n) is 18.0. The Balaban J connectivity index is 1.39. The number of carbonyl (C=O) groups excluding carboxylic acids is 1. The first-order chi connectivity index (χ1) is 16.0. The second-order valence-corrected chi connectivity index (χ2v) is 8.27. The summed E-state index contributed by atoms with van der Waals surface area (Å²) in [4.78, 5) is 12.4. The highest BCUT2D eigenvalue weighted by atomic mass is 35.5. The van der Waals surface area contributed by atoms with Crippen LogP contribution in [-0.4, -0.2) is 19.1 Å². The summed E-state index contributed by atoms with van der Waals surface area (Å²) in [5.74, 6) is 2.82. The van der Waals surface area contributed by atoms with Gasteiger partial charge in [0.25, 0.3) is 5.91 Å². The van der Waals surface area contributed by atoms with Crippen LogP contribution in [0.25, 0.3) is 0 Å². The monoisotopic (exact) mass is 462 g/mol. The molecular weight excluding hydrogens is 439 g/mol. The van der Waals surface area contributed by atoms with E-state index in [4.69, 9.17) is 22.8 Å². The van der Waals surface area contributed by atoms with Gasteiger partial charge < -0.3 is 10.1 Å². The molecule has 0 bridgehead atoms. The second kappa shape index (κ2) is 10.5. The Morgan fingerprint density at radius 3 is 2.79 bits per heavy atom. The number of rotatable bonds is 8. The fourth-order valence-electron chi connectivity index (χ4n) is 4.07. The third-order valence-corrected chi connectivity index (χ3v) is 6.09. The van der Waals surface area contributed by atoms with Crippen molar-refractivity contribution in [3.8, 4) is 18.1 Å². The molecule has 0 heterocycles. The Labute approximate surface area is 198 Å². The molecule has 1 aliphatic carbocycles. The van der Waals surface area contributed by atoms with E-state index in [0.717, 1.165) is 24.2 Å². The molecule has 0 saturated heterocycles. The van der Waals surface area contributed by atoms with Gasteiger partial charge in [0.15, 0.2) is 0 Å². The molecule has 0 radical (unpaired) electrons. The van der Waals surface area contributed by atoms with Crippen LogP contribution in [0.3, 0.4) is 0 Å². The number of anilines is 1. The fraction of sp³-hybridized carbons (Fsp3) is 0.222. The number of amides is 1. The van der Waals surface area contributed by atoms with Gasteiger partial charge in [-0.25, -0.2) is 4.39 Å². The van der Waals surface area contributed by atoms with E-state index in [-0.39, 0.29) is 17.8 Å². The van der Waals surface area contributed by atoms with Crippen molar-refractivity contribution in [3.05, 3.63) is 93.8 Å². The van der Waals surface area contributed by atoms with Gasteiger partial charge in [0, 0.05) is 28.7 Å². The predicted molar refractivity (Wildman–Crippen MR) is 129 cm³/mol. The highest BCUT2D eigenvalue weighted by Crippen LogP contribution is 2.37. The number of benzene rings is 3. The van der Waals surface area contributed by atoms with E-state index < -0.39 is 0 Å². The summed E-state index contributed by atoms with van der Waals surface area (Å²) in [5, 5.41) is 6.81.